The average molecular weight is 280 g/mol. The fourth-order valence-electron chi connectivity index (χ4n) is 1.25. The van der Waals surface area contributed by atoms with Crippen LogP contribution in [0.5, 0.6) is 11.6 Å². The van der Waals surface area contributed by atoms with Gasteiger partial charge in [0, 0.05) is 11.8 Å². The van der Waals surface area contributed by atoms with Crippen molar-refractivity contribution in [3.63, 3.8) is 0 Å². The molecule has 0 atom stereocenters. The second-order valence-electron chi connectivity index (χ2n) is 3.24. The molecule has 0 fully saturated rings. The van der Waals surface area contributed by atoms with E-state index in [4.69, 9.17) is 10.5 Å². The van der Waals surface area contributed by atoms with Crippen LogP contribution in [-0.4, -0.2) is 9.97 Å². The maximum absolute atomic E-state index is 5.59. The third-order valence-electron chi connectivity index (χ3n) is 1.90. The van der Waals surface area contributed by atoms with Gasteiger partial charge >= 0.3 is 0 Å². The normalized spacial score (nSPS) is 10.1. The largest absolute Gasteiger partial charge is 0.438 e. The predicted octanol–water partition coefficient (Wildman–Crippen LogP) is 2.92. The van der Waals surface area contributed by atoms with Crippen LogP contribution in [-0.2, 0) is 0 Å². The molecule has 0 spiro atoms. The van der Waals surface area contributed by atoms with E-state index in [2.05, 4.69) is 25.9 Å². The van der Waals surface area contributed by atoms with Crippen LogP contribution < -0.4 is 10.5 Å². The van der Waals surface area contributed by atoms with Crippen molar-refractivity contribution in [1.82, 2.24) is 9.97 Å². The topological polar surface area (TPSA) is 61.0 Å². The Hall–Kier alpha value is -1.62. The lowest BCUT2D eigenvalue weighted by Crippen LogP contribution is -1.98. The summed E-state index contributed by atoms with van der Waals surface area (Å²) in [5.74, 6) is 1.35. The van der Waals surface area contributed by atoms with Crippen molar-refractivity contribution < 1.29 is 4.74 Å². The number of para-hydroxylation sites is 1. The standard InChI is InChI=1S/C11H10BrN3O/c1-7-6-10(15-11(13)14-7)16-9-5-3-2-4-8(9)12/h2-6H,1H3,(H2,13,14,15). The number of hydrogen-bond acceptors (Lipinski definition) is 4. The molecule has 2 aromatic rings. The first-order chi connectivity index (χ1) is 7.65. The van der Waals surface area contributed by atoms with Crippen LogP contribution in [0.2, 0.25) is 0 Å². The Kier molecular flexibility index (Phi) is 3.05. The van der Waals surface area contributed by atoms with E-state index in [-0.39, 0.29) is 5.95 Å². The van der Waals surface area contributed by atoms with Gasteiger partial charge in [-0.3, -0.25) is 0 Å². The van der Waals surface area contributed by atoms with Gasteiger partial charge in [-0.05, 0) is 35.0 Å². The minimum Gasteiger partial charge on any atom is -0.438 e. The summed E-state index contributed by atoms with van der Waals surface area (Å²) in [5, 5.41) is 0. The lowest BCUT2D eigenvalue weighted by Gasteiger charge is -2.07. The molecular weight excluding hydrogens is 270 g/mol. The van der Waals surface area contributed by atoms with Crippen LogP contribution in [0.3, 0.4) is 0 Å². The Morgan fingerprint density at radius 3 is 2.69 bits per heavy atom. The van der Waals surface area contributed by atoms with Crippen molar-refractivity contribution in [2.45, 2.75) is 6.92 Å². The Bertz CT molecular complexity index is 496. The lowest BCUT2D eigenvalue weighted by atomic mass is 10.3. The predicted molar refractivity (Wildman–Crippen MR) is 65.4 cm³/mol. The molecule has 16 heavy (non-hydrogen) atoms. The summed E-state index contributed by atoms with van der Waals surface area (Å²) in [6.07, 6.45) is 0. The van der Waals surface area contributed by atoms with Gasteiger partial charge in [-0.15, -0.1) is 0 Å². The van der Waals surface area contributed by atoms with Gasteiger partial charge in [0.2, 0.25) is 11.8 Å². The first-order valence-electron chi connectivity index (χ1n) is 4.69. The monoisotopic (exact) mass is 279 g/mol. The molecule has 0 radical (unpaired) electrons. The Morgan fingerprint density at radius 2 is 2.00 bits per heavy atom. The number of ether oxygens (including phenoxy) is 1. The van der Waals surface area contributed by atoms with Gasteiger partial charge in [0.25, 0.3) is 0 Å². The average Bonchev–Trinajstić information content (AvgIpc) is 2.20. The fourth-order valence-corrected chi connectivity index (χ4v) is 1.62. The summed E-state index contributed by atoms with van der Waals surface area (Å²) in [4.78, 5) is 7.97. The third-order valence-corrected chi connectivity index (χ3v) is 2.55. The zero-order chi connectivity index (χ0) is 11.5. The minimum atomic E-state index is 0.210. The summed E-state index contributed by atoms with van der Waals surface area (Å²) in [6, 6.07) is 9.27. The van der Waals surface area contributed by atoms with Gasteiger partial charge in [-0.2, -0.15) is 4.98 Å². The molecule has 0 aliphatic carbocycles. The molecule has 0 bridgehead atoms. The van der Waals surface area contributed by atoms with Crippen LogP contribution in [0.25, 0.3) is 0 Å². The second-order valence-corrected chi connectivity index (χ2v) is 4.09. The maximum atomic E-state index is 5.59. The molecule has 0 unspecified atom stereocenters. The minimum absolute atomic E-state index is 0.210. The molecule has 1 heterocycles. The molecule has 1 aromatic heterocycles. The van der Waals surface area contributed by atoms with Crippen molar-refractivity contribution in [3.05, 3.63) is 40.5 Å². The van der Waals surface area contributed by atoms with Gasteiger partial charge < -0.3 is 10.5 Å². The maximum Gasteiger partial charge on any atom is 0.224 e. The zero-order valence-electron chi connectivity index (χ0n) is 8.64. The number of nitrogen functional groups attached to an aromatic ring is 1. The molecule has 0 aliphatic heterocycles. The molecule has 0 aliphatic rings. The molecule has 0 saturated heterocycles. The van der Waals surface area contributed by atoms with Crippen molar-refractivity contribution in [1.29, 1.82) is 0 Å². The molecule has 0 saturated carbocycles. The van der Waals surface area contributed by atoms with E-state index in [1.807, 2.05) is 31.2 Å². The second kappa shape index (κ2) is 4.49. The lowest BCUT2D eigenvalue weighted by molar-refractivity contribution is 0.459. The van der Waals surface area contributed by atoms with E-state index in [0.717, 1.165) is 10.2 Å². The number of hydrogen-bond donors (Lipinski definition) is 1. The van der Waals surface area contributed by atoms with Gasteiger partial charge in [0.15, 0.2) is 0 Å². The summed E-state index contributed by atoms with van der Waals surface area (Å²) in [5.41, 5.74) is 6.31. The Morgan fingerprint density at radius 1 is 1.25 bits per heavy atom. The highest BCUT2D eigenvalue weighted by Gasteiger charge is 2.04. The number of halogens is 1. The molecule has 4 nitrogen and oxygen atoms in total. The van der Waals surface area contributed by atoms with Crippen molar-refractivity contribution in [2.75, 3.05) is 5.73 Å². The van der Waals surface area contributed by atoms with E-state index < -0.39 is 0 Å². The fraction of sp³-hybridized carbons (Fsp3) is 0.0909. The quantitative estimate of drug-likeness (QED) is 0.918. The SMILES string of the molecule is Cc1cc(Oc2ccccc2Br)nc(N)n1. The van der Waals surface area contributed by atoms with Crippen LogP contribution >= 0.6 is 15.9 Å². The smallest absolute Gasteiger partial charge is 0.224 e. The zero-order valence-corrected chi connectivity index (χ0v) is 10.2. The number of anilines is 1. The molecule has 1 aromatic carbocycles. The van der Waals surface area contributed by atoms with Gasteiger partial charge in [0.05, 0.1) is 4.47 Å². The third kappa shape index (κ3) is 2.49. The van der Waals surface area contributed by atoms with E-state index in [9.17, 15) is 0 Å². The Labute approximate surface area is 102 Å². The number of rotatable bonds is 2. The van der Waals surface area contributed by atoms with Crippen LogP contribution in [0.4, 0.5) is 5.95 Å². The summed E-state index contributed by atoms with van der Waals surface area (Å²) >= 11 is 3.39. The van der Waals surface area contributed by atoms with E-state index in [0.29, 0.717) is 11.6 Å². The van der Waals surface area contributed by atoms with Crippen LogP contribution in [0, 0.1) is 6.92 Å². The molecular formula is C11H10BrN3O. The van der Waals surface area contributed by atoms with Crippen molar-refractivity contribution >= 4 is 21.9 Å². The van der Waals surface area contributed by atoms with Gasteiger partial charge in [-0.1, -0.05) is 12.1 Å². The number of aromatic nitrogens is 2. The van der Waals surface area contributed by atoms with E-state index in [1.54, 1.807) is 6.07 Å². The highest BCUT2D eigenvalue weighted by atomic mass is 79.9. The first kappa shape index (κ1) is 10.9. The highest BCUT2D eigenvalue weighted by Crippen LogP contribution is 2.28. The van der Waals surface area contributed by atoms with E-state index >= 15 is 0 Å². The number of aryl methyl sites for hydroxylation is 1. The van der Waals surface area contributed by atoms with E-state index in [1.165, 1.54) is 0 Å². The Balaban J connectivity index is 2.30. The molecule has 0 amide bonds. The molecule has 2 rings (SSSR count). The molecule has 82 valence electrons. The van der Waals surface area contributed by atoms with Crippen molar-refractivity contribution in [3.8, 4) is 11.6 Å². The number of nitrogens with zero attached hydrogens (tertiary/aromatic N) is 2. The van der Waals surface area contributed by atoms with Gasteiger partial charge in [-0.25, -0.2) is 4.98 Å². The van der Waals surface area contributed by atoms with Crippen LogP contribution in [0.1, 0.15) is 5.69 Å². The number of nitrogens with two attached hydrogens (primary N) is 1. The van der Waals surface area contributed by atoms with Crippen LogP contribution in [0.15, 0.2) is 34.8 Å². The molecule has 5 heteroatoms. The summed E-state index contributed by atoms with van der Waals surface area (Å²) in [6.45, 7) is 1.84. The first-order valence-corrected chi connectivity index (χ1v) is 5.48. The summed E-state index contributed by atoms with van der Waals surface area (Å²) in [7, 11) is 0. The number of benzene rings is 1. The molecule has 2 N–H and O–H groups in total. The highest BCUT2D eigenvalue weighted by molar-refractivity contribution is 9.10. The van der Waals surface area contributed by atoms with Gasteiger partial charge in [0.1, 0.15) is 5.75 Å². The van der Waals surface area contributed by atoms with Crippen molar-refractivity contribution in [2.24, 2.45) is 0 Å². The summed E-state index contributed by atoms with van der Waals surface area (Å²) < 4.78 is 6.46.